The van der Waals surface area contributed by atoms with E-state index in [1.54, 1.807) is 0 Å². The highest BCUT2D eigenvalue weighted by Gasteiger charge is 2.18. The van der Waals surface area contributed by atoms with E-state index < -0.39 is 28.4 Å². The maximum absolute atomic E-state index is 12.7. The molecule has 94 valence electrons. The number of benzene rings is 1. The first-order valence-electron chi connectivity index (χ1n) is 4.48. The number of carbonyl (C=O) groups is 1. The largest absolute Gasteiger partial charge is 0.468 e. The Labute approximate surface area is 97.6 Å². The number of esters is 1. The van der Waals surface area contributed by atoms with Crippen molar-refractivity contribution < 1.29 is 22.3 Å². The highest BCUT2D eigenvalue weighted by molar-refractivity contribution is 7.89. The molecular weight excluding hydrogens is 251 g/mol. The standard InChI is InChI=1S/C9H11FN2O4S/c1-16-9(13)5-12-17(14,15)8-3-2-6(10)4-7(8)11/h2-4,12H,5,11H2,1H3. The summed E-state index contributed by atoms with van der Waals surface area (Å²) in [5, 5.41) is 0. The molecule has 0 fully saturated rings. The minimum absolute atomic E-state index is 0.234. The van der Waals surface area contributed by atoms with E-state index in [1.165, 1.54) is 0 Å². The molecule has 8 heteroatoms. The molecule has 0 saturated heterocycles. The van der Waals surface area contributed by atoms with Gasteiger partial charge in [0.2, 0.25) is 10.0 Å². The molecule has 0 saturated carbocycles. The quantitative estimate of drug-likeness (QED) is 0.581. The lowest BCUT2D eigenvalue weighted by atomic mass is 10.3. The first-order chi connectivity index (χ1) is 7.86. The average molecular weight is 262 g/mol. The highest BCUT2D eigenvalue weighted by atomic mass is 32.2. The summed E-state index contributed by atoms with van der Waals surface area (Å²) >= 11 is 0. The third-order valence-electron chi connectivity index (χ3n) is 1.90. The van der Waals surface area contributed by atoms with E-state index in [2.05, 4.69) is 4.74 Å². The van der Waals surface area contributed by atoms with Crippen molar-refractivity contribution in [2.24, 2.45) is 0 Å². The zero-order valence-corrected chi connectivity index (χ0v) is 9.75. The number of nitrogens with two attached hydrogens (primary N) is 1. The van der Waals surface area contributed by atoms with Crippen LogP contribution in [0.5, 0.6) is 0 Å². The van der Waals surface area contributed by atoms with Crippen LogP contribution in [0.3, 0.4) is 0 Å². The molecule has 1 rings (SSSR count). The molecule has 3 N–H and O–H groups in total. The number of ether oxygens (including phenoxy) is 1. The molecule has 0 atom stereocenters. The summed E-state index contributed by atoms with van der Waals surface area (Å²) in [6.07, 6.45) is 0. The fourth-order valence-corrected chi connectivity index (χ4v) is 2.15. The second-order valence-electron chi connectivity index (χ2n) is 3.08. The lowest BCUT2D eigenvalue weighted by Crippen LogP contribution is -2.30. The van der Waals surface area contributed by atoms with Gasteiger partial charge in [0.1, 0.15) is 17.3 Å². The average Bonchev–Trinajstić information content (AvgIpc) is 2.25. The van der Waals surface area contributed by atoms with Crippen LogP contribution in [0.25, 0.3) is 0 Å². The highest BCUT2D eigenvalue weighted by Crippen LogP contribution is 2.18. The topological polar surface area (TPSA) is 98.5 Å². The smallest absolute Gasteiger partial charge is 0.320 e. The number of rotatable bonds is 4. The number of halogens is 1. The van der Waals surface area contributed by atoms with Crippen molar-refractivity contribution in [1.82, 2.24) is 4.72 Å². The molecule has 0 aliphatic rings. The van der Waals surface area contributed by atoms with E-state index in [4.69, 9.17) is 5.73 Å². The van der Waals surface area contributed by atoms with E-state index in [-0.39, 0.29) is 10.6 Å². The number of anilines is 1. The van der Waals surface area contributed by atoms with Crippen molar-refractivity contribution in [3.05, 3.63) is 24.0 Å². The van der Waals surface area contributed by atoms with Crippen molar-refractivity contribution >= 4 is 21.7 Å². The summed E-state index contributed by atoms with van der Waals surface area (Å²) in [5.74, 6) is -1.39. The first kappa shape index (κ1) is 13.4. The number of hydrogen-bond donors (Lipinski definition) is 2. The van der Waals surface area contributed by atoms with Crippen LogP contribution in [0.2, 0.25) is 0 Å². The van der Waals surface area contributed by atoms with Gasteiger partial charge in [-0.1, -0.05) is 0 Å². The number of sulfonamides is 1. The van der Waals surface area contributed by atoms with Gasteiger partial charge in [-0.2, -0.15) is 4.72 Å². The van der Waals surface area contributed by atoms with Crippen LogP contribution in [0.1, 0.15) is 0 Å². The second-order valence-corrected chi connectivity index (χ2v) is 4.82. The zero-order valence-electron chi connectivity index (χ0n) is 8.94. The number of hydrogen-bond acceptors (Lipinski definition) is 5. The molecule has 0 radical (unpaired) electrons. The predicted octanol–water partition coefficient (Wildman–Crippen LogP) is -0.141. The van der Waals surface area contributed by atoms with Crippen molar-refractivity contribution in [3.8, 4) is 0 Å². The van der Waals surface area contributed by atoms with Gasteiger partial charge in [0.25, 0.3) is 0 Å². The van der Waals surface area contributed by atoms with E-state index in [9.17, 15) is 17.6 Å². The molecule has 0 unspecified atom stereocenters. The molecule has 0 amide bonds. The van der Waals surface area contributed by atoms with Gasteiger partial charge in [0.15, 0.2) is 0 Å². The maximum atomic E-state index is 12.7. The molecule has 0 bridgehead atoms. The van der Waals surface area contributed by atoms with Gasteiger partial charge in [0.05, 0.1) is 12.8 Å². The minimum atomic E-state index is -3.96. The number of carbonyl (C=O) groups excluding carboxylic acids is 1. The summed E-state index contributed by atoms with van der Waals surface area (Å²) in [4.78, 5) is 10.5. The molecule has 1 aromatic carbocycles. The van der Waals surface area contributed by atoms with E-state index in [0.717, 1.165) is 25.3 Å². The van der Waals surface area contributed by atoms with Crippen molar-refractivity contribution in [2.75, 3.05) is 19.4 Å². The van der Waals surface area contributed by atoms with Crippen molar-refractivity contribution in [1.29, 1.82) is 0 Å². The third kappa shape index (κ3) is 3.40. The molecule has 6 nitrogen and oxygen atoms in total. The Morgan fingerprint density at radius 2 is 2.18 bits per heavy atom. The maximum Gasteiger partial charge on any atom is 0.320 e. The lowest BCUT2D eigenvalue weighted by Gasteiger charge is -2.08. The molecular formula is C9H11FN2O4S. The summed E-state index contributed by atoms with van der Waals surface area (Å²) in [5.41, 5.74) is 5.14. The summed E-state index contributed by atoms with van der Waals surface area (Å²) in [7, 11) is -2.83. The summed E-state index contributed by atoms with van der Waals surface area (Å²) < 4.78 is 42.3. The van der Waals surface area contributed by atoms with Crippen LogP contribution < -0.4 is 10.5 Å². The Balaban J connectivity index is 2.94. The number of methoxy groups -OCH3 is 1. The molecule has 0 aromatic heterocycles. The zero-order chi connectivity index (χ0) is 13.1. The van der Waals surface area contributed by atoms with Crippen LogP contribution in [0.15, 0.2) is 23.1 Å². The van der Waals surface area contributed by atoms with Gasteiger partial charge >= 0.3 is 5.97 Å². The van der Waals surface area contributed by atoms with Crippen LogP contribution in [-0.4, -0.2) is 28.0 Å². The van der Waals surface area contributed by atoms with Crippen LogP contribution in [0.4, 0.5) is 10.1 Å². The van der Waals surface area contributed by atoms with Gasteiger partial charge in [-0.15, -0.1) is 0 Å². The van der Waals surface area contributed by atoms with Gasteiger partial charge in [-0.3, -0.25) is 4.79 Å². The minimum Gasteiger partial charge on any atom is -0.468 e. The number of nitrogen functional groups attached to an aromatic ring is 1. The Morgan fingerprint density at radius 3 is 2.71 bits per heavy atom. The molecule has 0 heterocycles. The van der Waals surface area contributed by atoms with Crippen LogP contribution in [-0.2, 0) is 19.6 Å². The van der Waals surface area contributed by atoms with Gasteiger partial charge in [-0.05, 0) is 18.2 Å². The SMILES string of the molecule is COC(=O)CNS(=O)(=O)c1ccc(F)cc1N. The van der Waals surface area contributed by atoms with Crippen LogP contribution >= 0.6 is 0 Å². The monoisotopic (exact) mass is 262 g/mol. The first-order valence-corrected chi connectivity index (χ1v) is 5.96. The summed E-state index contributed by atoms with van der Waals surface area (Å²) in [6.45, 7) is -0.518. The van der Waals surface area contributed by atoms with E-state index in [0.29, 0.717) is 0 Å². The molecule has 1 aromatic rings. The fraction of sp³-hybridized carbons (Fsp3) is 0.222. The molecule has 0 aliphatic carbocycles. The Kier molecular flexibility index (Phi) is 4.02. The number of nitrogens with one attached hydrogen (secondary N) is 1. The second kappa shape index (κ2) is 5.11. The van der Waals surface area contributed by atoms with E-state index in [1.807, 2.05) is 4.72 Å². The molecule has 17 heavy (non-hydrogen) atoms. The van der Waals surface area contributed by atoms with Crippen LogP contribution in [0, 0.1) is 5.82 Å². The molecule has 0 aliphatic heterocycles. The van der Waals surface area contributed by atoms with Gasteiger partial charge in [-0.25, -0.2) is 12.8 Å². The summed E-state index contributed by atoms with van der Waals surface area (Å²) in [6, 6.07) is 2.86. The third-order valence-corrected chi connectivity index (χ3v) is 3.37. The Bertz CT molecular complexity index is 530. The van der Waals surface area contributed by atoms with E-state index >= 15 is 0 Å². The van der Waals surface area contributed by atoms with Gasteiger partial charge in [0, 0.05) is 0 Å². The Morgan fingerprint density at radius 1 is 1.53 bits per heavy atom. The lowest BCUT2D eigenvalue weighted by molar-refractivity contribution is -0.139. The Hall–Kier alpha value is -1.67. The van der Waals surface area contributed by atoms with Crippen molar-refractivity contribution in [2.45, 2.75) is 4.90 Å². The fourth-order valence-electron chi connectivity index (χ4n) is 1.07. The predicted molar refractivity (Wildman–Crippen MR) is 58.0 cm³/mol. The molecule has 0 spiro atoms. The van der Waals surface area contributed by atoms with Gasteiger partial charge < -0.3 is 10.5 Å². The van der Waals surface area contributed by atoms with Crippen molar-refractivity contribution in [3.63, 3.8) is 0 Å². The normalized spacial score (nSPS) is 11.2.